The summed E-state index contributed by atoms with van der Waals surface area (Å²) in [6, 6.07) is 9.45. The van der Waals surface area contributed by atoms with Gasteiger partial charge in [0.25, 0.3) is 0 Å². The minimum absolute atomic E-state index is 0.171. The molecule has 1 aliphatic carbocycles. The number of carbonyl (C=O) groups excluding carboxylic acids is 3. The number of rotatable bonds is 2. The Labute approximate surface area is 175 Å². The molecular weight excluding hydrogens is 389 g/mol. The zero-order valence-corrected chi connectivity index (χ0v) is 17.4. The highest BCUT2D eigenvalue weighted by Gasteiger charge is 2.62. The number of nitrogens with zero attached hydrogens (tertiary/aromatic N) is 1. The summed E-state index contributed by atoms with van der Waals surface area (Å²) in [4.78, 5) is 39.3. The summed E-state index contributed by atoms with van der Waals surface area (Å²) in [5.74, 6) is -1.10. The van der Waals surface area contributed by atoms with Crippen LogP contribution in [0.3, 0.4) is 0 Å². The van der Waals surface area contributed by atoms with E-state index in [1.54, 1.807) is 26.8 Å². The van der Waals surface area contributed by atoms with Crippen molar-refractivity contribution in [1.82, 2.24) is 4.90 Å². The third kappa shape index (κ3) is 3.42. The highest BCUT2D eigenvalue weighted by atomic mass is 16.7. The molecule has 2 amide bonds. The zero-order valence-electron chi connectivity index (χ0n) is 17.4. The van der Waals surface area contributed by atoms with Crippen molar-refractivity contribution in [3.63, 3.8) is 0 Å². The van der Waals surface area contributed by atoms with Gasteiger partial charge in [-0.15, -0.1) is 0 Å². The van der Waals surface area contributed by atoms with Crippen molar-refractivity contribution in [3.8, 4) is 0 Å². The van der Waals surface area contributed by atoms with Gasteiger partial charge in [-0.25, -0.2) is 9.69 Å². The molecule has 3 aliphatic rings. The molecule has 2 aliphatic heterocycles. The number of imide groups is 1. The fourth-order valence-electron chi connectivity index (χ4n) is 4.23. The van der Waals surface area contributed by atoms with Crippen LogP contribution in [0.2, 0.25) is 0 Å². The molecule has 0 unspecified atom stereocenters. The van der Waals surface area contributed by atoms with E-state index < -0.39 is 48.3 Å². The van der Waals surface area contributed by atoms with E-state index in [0.717, 1.165) is 10.4 Å². The summed E-state index contributed by atoms with van der Waals surface area (Å²) in [7, 11) is 0.664. The number of ether oxygens (including phenoxy) is 2. The van der Waals surface area contributed by atoms with E-state index in [0.29, 0.717) is 0 Å². The van der Waals surface area contributed by atoms with Crippen LogP contribution in [0.15, 0.2) is 42.1 Å². The number of likely N-dealkylation sites (tertiary alicyclic amines) is 1. The van der Waals surface area contributed by atoms with Crippen LogP contribution in [0.1, 0.15) is 33.6 Å². The average Bonchev–Trinajstić information content (AvgIpc) is 3.22. The summed E-state index contributed by atoms with van der Waals surface area (Å²) in [6.07, 6.45) is -0.175. The number of benzene rings is 1. The highest BCUT2D eigenvalue weighted by Crippen LogP contribution is 2.51. The second kappa shape index (κ2) is 7.25. The van der Waals surface area contributed by atoms with Gasteiger partial charge in [0, 0.05) is 12.1 Å². The maximum absolute atomic E-state index is 12.8. The quantitative estimate of drug-likeness (QED) is 0.539. The molecule has 0 bridgehead atoms. The summed E-state index contributed by atoms with van der Waals surface area (Å²) >= 11 is 0. The van der Waals surface area contributed by atoms with Crippen molar-refractivity contribution in [2.75, 3.05) is 7.11 Å². The first-order valence-corrected chi connectivity index (χ1v) is 9.87. The minimum atomic E-state index is -1.31. The Morgan fingerprint density at radius 2 is 1.90 bits per heavy atom. The summed E-state index contributed by atoms with van der Waals surface area (Å²) in [6.45, 7) is 5.13. The Balaban J connectivity index is 1.69. The first-order chi connectivity index (χ1) is 14.1. The Hall–Kier alpha value is -2.65. The molecule has 0 spiro atoms. The molecule has 0 radical (unpaired) electrons. The van der Waals surface area contributed by atoms with E-state index in [-0.39, 0.29) is 18.5 Å². The fraction of sp³-hybridized carbons (Fsp3) is 0.476. The SMILES string of the molecule is COC(=O)[C@]12CC(=O)N(C(=O)OC(C)(C)C)C1=C[C@H]1OB(c3ccccc3)O[C@H]1C2. The van der Waals surface area contributed by atoms with Gasteiger partial charge in [-0.3, -0.25) is 9.59 Å². The number of methoxy groups -OCH3 is 1. The predicted octanol–water partition coefficient (Wildman–Crippen LogP) is 1.78. The van der Waals surface area contributed by atoms with Crippen molar-refractivity contribution in [1.29, 1.82) is 0 Å². The molecule has 2 saturated heterocycles. The van der Waals surface area contributed by atoms with Gasteiger partial charge < -0.3 is 18.8 Å². The van der Waals surface area contributed by atoms with Gasteiger partial charge in [0.15, 0.2) is 0 Å². The van der Waals surface area contributed by atoms with Crippen LogP contribution in [0.4, 0.5) is 4.79 Å². The zero-order chi connectivity index (χ0) is 21.7. The van der Waals surface area contributed by atoms with Gasteiger partial charge in [0.2, 0.25) is 5.91 Å². The summed E-state index contributed by atoms with van der Waals surface area (Å²) < 4.78 is 22.5. The van der Waals surface area contributed by atoms with Gasteiger partial charge >= 0.3 is 19.2 Å². The number of hydrogen-bond acceptors (Lipinski definition) is 7. The first kappa shape index (κ1) is 20.6. The van der Waals surface area contributed by atoms with Crippen molar-refractivity contribution >= 4 is 30.6 Å². The predicted molar refractivity (Wildman–Crippen MR) is 106 cm³/mol. The van der Waals surface area contributed by atoms with Crippen LogP contribution in [-0.2, 0) is 28.4 Å². The molecule has 1 aromatic rings. The molecule has 30 heavy (non-hydrogen) atoms. The molecule has 2 heterocycles. The molecule has 2 fully saturated rings. The van der Waals surface area contributed by atoms with E-state index in [1.807, 2.05) is 30.3 Å². The number of fused-ring (bicyclic) bond motifs is 2. The molecule has 4 rings (SSSR count). The highest BCUT2D eigenvalue weighted by molar-refractivity contribution is 6.61. The second-order valence-corrected chi connectivity index (χ2v) is 8.73. The summed E-state index contributed by atoms with van der Waals surface area (Å²) in [5, 5.41) is 0. The number of amides is 2. The topological polar surface area (TPSA) is 91.4 Å². The van der Waals surface area contributed by atoms with Crippen molar-refractivity contribution in [3.05, 3.63) is 42.1 Å². The maximum atomic E-state index is 12.8. The largest absolute Gasteiger partial charge is 0.494 e. The third-order valence-electron chi connectivity index (χ3n) is 5.47. The van der Waals surface area contributed by atoms with Crippen molar-refractivity contribution in [2.24, 2.45) is 5.41 Å². The fourth-order valence-corrected chi connectivity index (χ4v) is 4.23. The van der Waals surface area contributed by atoms with Crippen LogP contribution in [-0.4, -0.2) is 54.9 Å². The molecule has 0 aromatic heterocycles. The average molecular weight is 413 g/mol. The van der Waals surface area contributed by atoms with Gasteiger partial charge in [-0.05, 0) is 38.7 Å². The molecule has 158 valence electrons. The van der Waals surface area contributed by atoms with Crippen LogP contribution in [0, 0.1) is 5.41 Å². The normalized spacial score (nSPS) is 28.0. The molecule has 1 aromatic carbocycles. The Morgan fingerprint density at radius 3 is 2.53 bits per heavy atom. The molecule has 3 atom stereocenters. The molecular formula is C21H24BNO7. The van der Waals surface area contributed by atoms with E-state index in [1.165, 1.54) is 7.11 Å². The number of carbonyl (C=O) groups is 3. The van der Waals surface area contributed by atoms with Crippen LogP contribution < -0.4 is 5.46 Å². The molecule has 8 nitrogen and oxygen atoms in total. The lowest BCUT2D eigenvalue weighted by Crippen LogP contribution is -2.45. The van der Waals surface area contributed by atoms with Gasteiger partial charge in [0.1, 0.15) is 11.0 Å². The van der Waals surface area contributed by atoms with E-state index in [4.69, 9.17) is 18.8 Å². The number of esters is 1. The molecule has 0 N–H and O–H groups in total. The van der Waals surface area contributed by atoms with Gasteiger partial charge in [-0.1, -0.05) is 30.3 Å². The lowest BCUT2D eigenvalue weighted by Gasteiger charge is -2.36. The third-order valence-corrected chi connectivity index (χ3v) is 5.47. The second-order valence-electron chi connectivity index (χ2n) is 8.73. The smallest absolute Gasteiger partial charge is 0.468 e. The summed E-state index contributed by atoms with van der Waals surface area (Å²) in [5.41, 5.74) is -1.01. The molecule has 0 saturated carbocycles. The monoisotopic (exact) mass is 413 g/mol. The lowest BCUT2D eigenvalue weighted by molar-refractivity contribution is -0.153. The van der Waals surface area contributed by atoms with Crippen LogP contribution >= 0.6 is 0 Å². The Bertz CT molecular complexity index is 910. The van der Waals surface area contributed by atoms with Gasteiger partial charge in [0.05, 0.1) is 19.3 Å². The minimum Gasteiger partial charge on any atom is -0.468 e. The van der Waals surface area contributed by atoms with Crippen molar-refractivity contribution < 1.29 is 33.2 Å². The maximum Gasteiger partial charge on any atom is 0.494 e. The Morgan fingerprint density at radius 1 is 1.20 bits per heavy atom. The van der Waals surface area contributed by atoms with E-state index in [9.17, 15) is 14.4 Å². The lowest BCUT2D eigenvalue weighted by atomic mass is 9.73. The van der Waals surface area contributed by atoms with E-state index in [2.05, 4.69) is 0 Å². The number of hydrogen-bond donors (Lipinski definition) is 0. The first-order valence-electron chi connectivity index (χ1n) is 9.87. The van der Waals surface area contributed by atoms with Gasteiger partial charge in [-0.2, -0.15) is 0 Å². The van der Waals surface area contributed by atoms with Crippen molar-refractivity contribution in [2.45, 2.75) is 51.4 Å². The Kier molecular flexibility index (Phi) is 4.98. The van der Waals surface area contributed by atoms with Crippen LogP contribution in [0.5, 0.6) is 0 Å². The van der Waals surface area contributed by atoms with E-state index >= 15 is 0 Å². The van der Waals surface area contributed by atoms with Crippen LogP contribution in [0.25, 0.3) is 0 Å². The standard InChI is InChI=1S/C21H24BNO7/c1-20(2,3)28-19(26)23-16-10-14-15(11-21(16,12-17(23)24)18(25)27-4)30-22(29-14)13-8-6-5-7-9-13/h5-10,14-15H,11-12H2,1-4H3/t14-,15+,21-/m1/s1. The molecule has 9 heteroatoms.